The molecule has 0 aliphatic carbocycles. The molecule has 1 N–H and O–H groups in total. The number of carbonyl (C=O) groups is 2. The smallest absolute Gasteiger partial charge is 0.244 e. The van der Waals surface area contributed by atoms with Crippen molar-refractivity contribution in [2.24, 2.45) is 0 Å². The summed E-state index contributed by atoms with van der Waals surface area (Å²) in [6, 6.07) is 20.6. The Morgan fingerprint density at radius 2 is 1.55 bits per heavy atom. The highest BCUT2D eigenvalue weighted by molar-refractivity contribution is 7.92. The monoisotopic (exact) mass is 603 g/mol. The summed E-state index contributed by atoms with van der Waals surface area (Å²) in [6.07, 6.45) is 1.23. The molecule has 2 amide bonds. The topological polar surface area (TPSA) is 86.8 Å². The van der Waals surface area contributed by atoms with E-state index in [4.69, 9.17) is 23.2 Å². The van der Waals surface area contributed by atoms with Gasteiger partial charge < -0.3 is 10.2 Å². The number of sulfonamides is 1. The number of aryl methyl sites for hydroxylation is 1. The summed E-state index contributed by atoms with van der Waals surface area (Å²) in [7, 11) is -3.96. The number of amides is 2. The molecule has 0 aromatic heterocycles. The lowest BCUT2D eigenvalue weighted by Crippen LogP contribution is -2.56. The molecule has 3 rings (SSSR count). The summed E-state index contributed by atoms with van der Waals surface area (Å²) < 4.78 is 26.8. The zero-order valence-corrected chi connectivity index (χ0v) is 25.6. The van der Waals surface area contributed by atoms with Crippen molar-refractivity contribution in [3.63, 3.8) is 0 Å². The first-order valence-corrected chi connectivity index (χ1v) is 15.4. The highest BCUT2D eigenvalue weighted by Gasteiger charge is 2.35. The molecule has 0 saturated carbocycles. The van der Waals surface area contributed by atoms with Crippen molar-refractivity contribution < 1.29 is 18.0 Å². The van der Waals surface area contributed by atoms with Gasteiger partial charge in [-0.2, -0.15) is 0 Å². The van der Waals surface area contributed by atoms with E-state index in [0.29, 0.717) is 0 Å². The summed E-state index contributed by atoms with van der Waals surface area (Å²) in [5.41, 5.74) is 2.16. The molecule has 214 valence electrons. The Kier molecular flexibility index (Phi) is 10.3. The second kappa shape index (κ2) is 13.1. The molecule has 40 heavy (non-hydrogen) atoms. The van der Waals surface area contributed by atoms with Crippen molar-refractivity contribution in [1.82, 2.24) is 10.2 Å². The van der Waals surface area contributed by atoms with Crippen LogP contribution in [0.25, 0.3) is 0 Å². The third-order valence-electron chi connectivity index (χ3n) is 6.25. The van der Waals surface area contributed by atoms with Crippen molar-refractivity contribution in [2.45, 2.75) is 52.2 Å². The number of nitrogens with one attached hydrogen (secondary N) is 1. The first kappa shape index (κ1) is 31.5. The lowest BCUT2D eigenvalue weighted by atomic mass is 10.00. The predicted octanol–water partition coefficient (Wildman–Crippen LogP) is 5.62. The lowest BCUT2D eigenvalue weighted by Gasteiger charge is -2.35. The third kappa shape index (κ3) is 8.46. The predicted molar refractivity (Wildman–Crippen MR) is 162 cm³/mol. The van der Waals surface area contributed by atoms with Crippen molar-refractivity contribution in [1.29, 1.82) is 0 Å². The van der Waals surface area contributed by atoms with Crippen LogP contribution in [0.2, 0.25) is 10.0 Å². The first-order chi connectivity index (χ1) is 18.7. The molecule has 0 aliphatic heterocycles. The van der Waals surface area contributed by atoms with Crippen LogP contribution in [0.15, 0.2) is 72.8 Å². The van der Waals surface area contributed by atoms with Crippen LogP contribution in [0.5, 0.6) is 0 Å². The van der Waals surface area contributed by atoms with Gasteiger partial charge in [-0.1, -0.05) is 83.9 Å². The number of carbonyl (C=O) groups excluding carboxylic acids is 2. The molecule has 7 nitrogen and oxygen atoms in total. The number of nitrogens with zero attached hydrogens (tertiary/aromatic N) is 2. The molecular weight excluding hydrogens is 569 g/mol. The Hall–Kier alpha value is -3.07. The van der Waals surface area contributed by atoms with E-state index in [9.17, 15) is 18.0 Å². The molecule has 0 spiro atoms. The maximum atomic E-state index is 14.2. The fourth-order valence-electron chi connectivity index (χ4n) is 4.26. The largest absolute Gasteiger partial charge is 0.350 e. The minimum atomic E-state index is -3.96. The number of halogens is 2. The van der Waals surface area contributed by atoms with Gasteiger partial charge in [0, 0.05) is 18.5 Å². The standard InChI is InChI=1S/C30H35Cl2N3O4S/c1-21-12-9-10-15-23(21)19-34(26(29(37)33-30(2,3)4)18-22-13-7-6-8-14-22)27(36)20-35(40(5,38)39)25-17-11-16-24(31)28(25)32/h6-17,26H,18-20H2,1-5H3,(H,33,37)/t26-/m1/s1. The normalized spacial score (nSPS) is 12.5. The molecule has 0 aliphatic rings. The van der Waals surface area contributed by atoms with Crippen LogP contribution in [-0.2, 0) is 32.6 Å². The molecule has 0 unspecified atom stereocenters. The Bertz CT molecular complexity index is 1460. The maximum Gasteiger partial charge on any atom is 0.244 e. The van der Waals surface area contributed by atoms with E-state index in [0.717, 1.165) is 27.3 Å². The van der Waals surface area contributed by atoms with E-state index in [1.807, 2.05) is 82.3 Å². The summed E-state index contributed by atoms with van der Waals surface area (Å²) in [5, 5.41) is 3.17. The van der Waals surface area contributed by atoms with Crippen LogP contribution in [0.1, 0.15) is 37.5 Å². The van der Waals surface area contributed by atoms with Crippen molar-refractivity contribution in [3.8, 4) is 0 Å². The molecule has 0 radical (unpaired) electrons. The number of anilines is 1. The highest BCUT2D eigenvalue weighted by Crippen LogP contribution is 2.34. The second-order valence-electron chi connectivity index (χ2n) is 10.7. The molecule has 3 aromatic carbocycles. The fraction of sp³-hybridized carbons (Fsp3) is 0.333. The Morgan fingerprint density at radius 3 is 2.15 bits per heavy atom. The number of benzene rings is 3. The number of hydrogen-bond acceptors (Lipinski definition) is 4. The van der Waals surface area contributed by atoms with Crippen molar-refractivity contribution in [2.75, 3.05) is 17.1 Å². The Labute approximate surface area is 247 Å². The number of rotatable bonds is 10. The zero-order valence-electron chi connectivity index (χ0n) is 23.3. The average molecular weight is 605 g/mol. The Balaban J connectivity index is 2.11. The molecule has 0 bridgehead atoms. The summed E-state index contributed by atoms with van der Waals surface area (Å²) in [4.78, 5) is 29.4. The van der Waals surface area contributed by atoms with E-state index in [-0.39, 0.29) is 34.6 Å². The van der Waals surface area contributed by atoms with Gasteiger partial charge in [-0.15, -0.1) is 0 Å². The van der Waals surface area contributed by atoms with Gasteiger partial charge in [0.05, 0.1) is 22.0 Å². The minimum Gasteiger partial charge on any atom is -0.350 e. The van der Waals surface area contributed by atoms with Gasteiger partial charge in [-0.3, -0.25) is 13.9 Å². The zero-order chi connectivity index (χ0) is 29.7. The summed E-state index contributed by atoms with van der Waals surface area (Å²) >= 11 is 12.5. The number of hydrogen-bond donors (Lipinski definition) is 1. The second-order valence-corrected chi connectivity index (χ2v) is 13.4. The average Bonchev–Trinajstić information content (AvgIpc) is 2.86. The highest BCUT2D eigenvalue weighted by atomic mass is 35.5. The molecular formula is C30H35Cl2N3O4S. The van der Waals surface area contributed by atoms with Crippen LogP contribution in [-0.4, -0.2) is 49.5 Å². The third-order valence-corrected chi connectivity index (χ3v) is 8.19. The fourth-order valence-corrected chi connectivity index (χ4v) is 5.56. The van der Waals surface area contributed by atoms with Gasteiger partial charge in [0.25, 0.3) is 0 Å². The van der Waals surface area contributed by atoms with E-state index < -0.39 is 34.1 Å². The lowest BCUT2D eigenvalue weighted by molar-refractivity contribution is -0.140. The first-order valence-electron chi connectivity index (χ1n) is 12.8. The van der Waals surface area contributed by atoms with Crippen LogP contribution in [0.3, 0.4) is 0 Å². The molecule has 10 heteroatoms. The van der Waals surface area contributed by atoms with Crippen molar-refractivity contribution >= 4 is 50.7 Å². The van der Waals surface area contributed by atoms with Gasteiger partial charge in [0.2, 0.25) is 21.8 Å². The molecule has 0 saturated heterocycles. The van der Waals surface area contributed by atoms with Gasteiger partial charge in [-0.05, 0) is 56.5 Å². The molecule has 3 aromatic rings. The van der Waals surface area contributed by atoms with Crippen LogP contribution < -0.4 is 9.62 Å². The van der Waals surface area contributed by atoms with Gasteiger partial charge in [0.1, 0.15) is 12.6 Å². The molecule has 1 atom stereocenters. The minimum absolute atomic E-state index is 0.0131. The van der Waals surface area contributed by atoms with Crippen LogP contribution in [0, 0.1) is 6.92 Å². The molecule has 0 fully saturated rings. The van der Waals surface area contributed by atoms with Gasteiger partial charge in [-0.25, -0.2) is 8.42 Å². The SMILES string of the molecule is Cc1ccccc1CN(C(=O)CN(c1cccc(Cl)c1Cl)S(C)(=O)=O)[C@H](Cc1ccccc1)C(=O)NC(C)(C)C. The van der Waals surface area contributed by atoms with E-state index in [2.05, 4.69) is 5.32 Å². The quantitative estimate of drug-likeness (QED) is 0.326. The van der Waals surface area contributed by atoms with E-state index in [1.54, 1.807) is 6.07 Å². The van der Waals surface area contributed by atoms with Crippen molar-refractivity contribution in [3.05, 3.63) is 99.5 Å². The van der Waals surface area contributed by atoms with Crippen LogP contribution in [0.4, 0.5) is 5.69 Å². The molecule has 0 heterocycles. The van der Waals surface area contributed by atoms with Gasteiger partial charge in [0.15, 0.2) is 0 Å². The van der Waals surface area contributed by atoms with E-state index >= 15 is 0 Å². The van der Waals surface area contributed by atoms with E-state index in [1.165, 1.54) is 17.0 Å². The van der Waals surface area contributed by atoms with Crippen LogP contribution >= 0.6 is 23.2 Å². The summed E-state index contributed by atoms with van der Waals surface area (Å²) in [5.74, 6) is -0.903. The van der Waals surface area contributed by atoms with Gasteiger partial charge >= 0.3 is 0 Å². The maximum absolute atomic E-state index is 14.2. The Morgan fingerprint density at radius 1 is 0.925 bits per heavy atom. The summed E-state index contributed by atoms with van der Waals surface area (Å²) in [6.45, 7) is 7.05.